The van der Waals surface area contributed by atoms with Gasteiger partial charge in [-0.05, 0) is 12.8 Å². The van der Waals surface area contributed by atoms with Crippen LogP contribution < -0.4 is 0 Å². The predicted octanol–water partition coefficient (Wildman–Crippen LogP) is 1.38. The Morgan fingerprint density at radius 2 is 2.31 bits per heavy atom. The lowest BCUT2D eigenvalue weighted by molar-refractivity contribution is -0.137. The van der Waals surface area contributed by atoms with Crippen molar-refractivity contribution in [2.75, 3.05) is 6.61 Å². The zero-order valence-electron chi connectivity index (χ0n) is 8.54. The molecule has 3 heteroatoms. The molecule has 13 heavy (non-hydrogen) atoms. The minimum atomic E-state index is -0.286. The van der Waals surface area contributed by atoms with Gasteiger partial charge >= 0.3 is 0 Å². The van der Waals surface area contributed by atoms with Crippen LogP contribution in [-0.2, 0) is 9.53 Å². The molecule has 0 aromatic carbocycles. The minimum Gasteiger partial charge on any atom is -0.354 e. The number of carbonyl (C=O) groups is 1. The van der Waals surface area contributed by atoms with Crippen molar-refractivity contribution in [1.82, 2.24) is 4.90 Å². The maximum atomic E-state index is 11.6. The zero-order valence-corrected chi connectivity index (χ0v) is 8.54. The normalized spacial score (nSPS) is 38.9. The van der Waals surface area contributed by atoms with Crippen LogP contribution in [0.3, 0.4) is 0 Å². The van der Waals surface area contributed by atoms with E-state index in [4.69, 9.17) is 4.74 Å². The summed E-state index contributed by atoms with van der Waals surface area (Å²) in [6.45, 7) is 7.02. The molecule has 0 spiro atoms. The van der Waals surface area contributed by atoms with Crippen LogP contribution in [0.5, 0.6) is 0 Å². The van der Waals surface area contributed by atoms with Gasteiger partial charge in [-0.1, -0.05) is 13.8 Å². The average molecular weight is 183 g/mol. The van der Waals surface area contributed by atoms with E-state index < -0.39 is 0 Å². The number of hydrogen-bond donors (Lipinski definition) is 0. The first kappa shape index (κ1) is 9.00. The van der Waals surface area contributed by atoms with Gasteiger partial charge in [0.2, 0.25) is 5.91 Å². The van der Waals surface area contributed by atoms with E-state index in [1.54, 1.807) is 0 Å². The molecular weight excluding hydrogens is 166 g/mol. The molecule has 0 saturated carbocycles. The number of amides is 1. The summed E-state index contributed by atoms with van der Waals surface area (Å²) >= 11 is 0. The highest BCUT2D eigenvalue weighted by atomic mass is 16.5. The molecule has 2 atom stereocenters. The first-order valence-corrected chi connectivity index (χ1v) is 5.01. The van der Waals surface area contributed by atoms with Crippen molar-refractivity contribution in [2.45, 2.75) is 45.4 Å². The number of rotatable bonds is 1. The summed E-state index contributed by atoms with van der Waals surface area (Å²) in [7, 11) is 0. The summed E-state index contributed by atoms with van der Waals surface area (Å²) in [5, 5.41) is 0. The zero-order chi connectivity index (χ0) is 9.64. The highest BCUT2D eigenvalue weighted by Crippen LogP contribution is 2.39. The fourth-order valence-corrected chi connectivity index (χ4v) is 2.35. The lowest BCUT2D eigenvalue weighted by Gasteiger charge is -2.31. The minimum absolute atomic E-state index is 0.263. The molecule has 2 aliphatic rings. The van der Waals surface area contributed by atoms with E-state index in [1.165, 1.54) is 0 Å². The number of carbonyl (C=O) groups excluding carboxylic acids is 1. The van der Waals surface area contributed by atoms with E-state index >= 15 is 0 Å². The molecule has 2 aliphatic heterocycles. The van der Waals surface area contributed by atoms with Gasteiger partial charge in [-0.15, -0.1) is 0 Å². The van der Waals surface area contributed by atoms with Crippen LogP contribution in [0, 0.1) is 5.92 Å². The smallest absolute Gasteiger partial charge is 0.225 e. The first-order chi connectivity index (χ1) is 6.04. The van der Waals surface area contributed by atoms with Gasteiger partial charge in [-0.3, -0.25) is 4.79 Å². The molecule has 74 valence electrons. The standard InChI is InChI=1S/C10H17NO2/c1-7(2)8-6-13-10(3)5-4-9(12)11(8)10/h7-8H,4-6H2,1-3H3/t8?,10-/m0/s1. The lowest BCUT2D eigenvalue weighted by Crippen LogP contribution is -2.45. The van der Waals surface area contributed by atoms with E-state index in [0.717, 1.165) is 6.42 Å². The molecule has 3 nitrogen and oxygen atoms in total. The third-order valence-electron chi connectivity index (χ3n) is 3.25. The monoisotopic (exact) mass is 183 g/mol. The Balaban J connectivity index is 2.25. The summed E-state index contributed by atoms with van der Waals surface area (Å²) in [5.74, 6) is 0.752. The Labute approximate surface area is 79.0 Å². The Bertz CT molecular complexity index is 239. The second-order valence-electron chi connectivity index (χ2n) is 4.56. The molecule has 1 unspecified atom stereocenters. The van der Waals surface area contributed by atoms with Crippen LogP contribution in [0.2, 0.25) is 0 Å². The van der Waals surface area contributed by atoms with E-state index in [0.29, 0.717) is 25.0 Å². The van der Waals surface area contributed by atoms with Gasteiger partial charge in [0.05, 0.1) is 12.6 Å². The number of ether oxygens (including phenoxy) is 1. The van der Waals surface area contributed by atoms with Crippen LogP contribution in [0.4, 0.5) is 0 Å². The summed E-state index contributed by atoms with van der Waals surface area (Å²) in [4.78, 5) is 13.6. The summed E-state index contributed by atoms with van der Waals surface area (Å²) in [6.07, 6.45) is 1.51. The molecule has 1 amide bonds. The molecule has 0 radical (unpaired) electrons. The molecular formula is C10H17NO2. The molecule has 0 aromatic heterocycles. The van der Waals surface area contributed by atoms with Crippen molar-refractivity contribution in [3.8, 4) is 0 Å². The van der Waals surface area contributed by atoms with Crippen molar-refractivity contribution in [2.24, 2.45) is 5.92 Å². The van der Waals surface area contributed by atoms with Crippen molar-refractivity contribution in [3.05, 3.63) is 0 Å². The molecule has 0 bridgehead atoms. The second kappa shape index (κ2) is 2.71. The first-order valence-electron chi connectivity index (χ1n) is 5.01. The van der Waals surface area contributed by atoms with Gasteiger partial charge in [0.15, 0.2) is 0 Å². The summed E-state index contributed by atoms with van der Waals surface area (Å²) < 4.78 is 5.71. The number of nitrogens with zero attached hydrogens (tertiary/aromatic N) is 1. The molecule has 2 heterocycles. The van der Waals surface area contributed by atoms with Gasteiger partial charge in [0.1, 0.15) is 5.72 Å². The van der Waals surface area contributed by atoms with Gasteiger partial charge in [0, 0.05) is 12.8 Å². The van der Waals surface area contributed by atoms with Gasteiger partial charge < -0.3 is 9.64 Å². The highest BCUT2D eigenvalue weighted by Gasteiger charge is 2.51. The van der Waals surface area contributed by atoms with Gasteiger partial charge in [-0.25, -0.2) is 0 Å². The van der Waals surface area contributed by atoms with Crippen LogP contribution >= 0.6 is 0 Å². The Kier molecular flexibility index (Phi) is 1.88. The number of hydrogen-bond acceptors (Lipinski definition) is 2. The molecule has 0 aliphatic carbocycles. The van der Waals surface area contributed by atoms with E-state index in [-0.39, 0.29) is 11.6 Å². The fourth-order valence-electron chi connectivity index (χ4n) is 2.35. The van der Waals surface area contributed by atoms with Crippen LogP contribution in [0.1, 0.15) is 33.6 Å². The molecule has 2 rings (SSSR count). The van der Waals surface area contributed by atoms with Crippen molar-refractivity contribution < 1.29 is 9.53 Å². The van der Waals surface area contributed by atoms with Crippen molar-refractivity contribution in [1.29, 1.82) is 0 Å². The largest absolute Gasteiger partial charge is 0.354 e. The molecule has 2 saturated heterocycles. The van der Waals surface area contributed by atoms with Gasteiger partial charge in [0.25, 0.3) is 0 Å². The lowest BCUT2D eigenvalue weighted by atomic mass is 10.0. The third kappa shape index (κ3) is 1.17. The van der Waals surface area contributed by atoms with E-state index in [1.807, 2.05) is 11.8 Å². The summed E-state index contributed by atoms with van der Waals surface area (Å²) in [5.41, 5.74) is -0.286. The highest BCUT2D eigenvalue weighted by molar-refractivity contribution is 5.80. The van der Waals surface area contributed by atoms with Crippen molar-refractivity contribution >= 4 is 5.91 Å². The maximum absolute atomic E-state index is 11.6. The molecule has 0 aromatic rings. The van der Waals surface area contributed by atoms with Crippen LogP contribution in [-0.4, -0.2) is 29.2 Å². The SMILES string of the molecule is CC(C)C1CO[C@@]2(C)CCC(=O)N12. The average Bonchev–Trinajstić information content (AvgIpc) is 2.50. The van der Waals surface area contributed by atoms with Crippen molar-refractivity contribution in [3.63, 3.8) is 0 Å². The van der Waals surface area contributed by atoms with Crippen LogP contribution in [0.15, 0.2) is 0 Å². The summed E-state index contributed by atoms with van der Waals surface area (Å²) in [6, 6.07) is 0.292. The Morgan fingerprint density at radius 1 is 1.62 bits per heavy atom. The fraction of sp³-hybridized carbons (Fsp3) is 0.900. The van der Waals surface area contributed by atoms with Gasteiger partial charge in [-0.2, -0.15) is 0 Å². The molecule has 2 fully saturated rings. The Morgan fingerprint density at radius 3 is 2.92 bits per heavy atom. The van der Waals surface area contributed by atoms with Crippen LogP contribution in [0.25, 0.3) is 0 Å². The van der Waals surface area contributed by atoms with E-state index in [2.05, 4.69) is 13.8 Å². The quantitative estimate of drug-likeness (QED) is 0.614. The topological polar surface area (TPSA) is 29.5 Å². The predicted molar refractivity (Wildman–Crippen MR) is 49.1 cm³/mol. The number of fused-ring (bicyclic) bond motifs is 1. The van der Waals surface area contributed by atoms with E-state index in [9.17, 15) is 4.79 Å². The maximum Gasteiger partial charge on any atom is 0.225 e. The second-order valence-corrected chi connectivity index (χ2v) is 4.56. The Hall–Kier alpha value is -0.570. The molecule has 0 N–H and O–H groups in total. The third-order valence-corrected chi connectivity index (χ3v) is 3.25.